The van der Waals surface area contributed by atoms with Gasteiger partial charge in [-0.2, -0.15) is 0 Å². The van der Waals surface area contributed by atoms with Crippen molar-refractivity contribution in [1.29, 1.82) is 0 Å². The first-order valence-corrected chi connectivity index (χ1v) is 13.9. The number of benzene rings is 3. The predicted octanol–water partition coefficient (Wildman–Crippen LogP) is 8.06. The molecule has 1 aliphatic carbocycles. The Morgan fingerprint density at radius 2 is 1.68 bits per heavy atom. The van der Waals surface area contributed by atoms with Crippen molar-refractivity contribution in [1.82, 2.24) is 4.98 Å². The van der Waals surface area contributed by atoms with Crippen LogP contribution in [0.5, 0.6) is 17.4 Å². The van der Waals surface area contributed by atoms with Crippen LogP contribution in [0.25, 0.3) is 10.9 Å². The average molecular weight is 714 g/mol. The van der Waals surface area contributed by atoms with Gasteiger partial charge in [-0.3, -0.25) is 0 Å². The maximum atomic E-state index is 10.3. The fourth-order valence-electron chi connectivity index (χ4n) is 6.36. The summed E-state index contributed by atoms with van der Waals surface area (Å²) in [6.45, 7) is 11.4. The molecule has 6 heteroatoms. The van der Waals surface area contributed by atoms with Crippen molar-refractivity contribution in [2.24, 2.45) is 10.4 Å². The number of nitrogens with zero attached hydrogens (tertiary/aromatic N) is 3. The van der Waals surface area contributed by atoms with E-state index in [0.717, 1.165) is 29.6 Å². The third kappa shape index (κ3) is 5.41. The van der Waals surface area contributed by atoms with E-state index in [-0.39, 0.29) is 32.9 Å². The summed E-state index contributed by atoms with van der Waals surface area (Å²) in [5.74, 6) is 2.09. The van der Waals surface area contributed by atoms with Crippen LogP contribution in [0.2, 0.25) is 0 Å². The topological polar surface area (TPSA) is 58.0 Å². The van der Waals surface area contributed by atoms with E-state index in [0.29, 0.717) is 28.6 Å². The predicted molar refractivity (Wildman–Crippen MR) is 158 cm³/mol. The number of phenolic OH excluding ortho intramolecular Hbond substituents is 1. The molecule has 1 aliphatic heterocycles. The molecule has 0 unspecified atom stereocenters. The van der Waals surface area contributed by atoms with Crippen molar-refractivity contribution < 1.29 is 30.9 Å². The van der Waals surface area contributed by atoms with Crippen molar-refractivity contribution in [3.63, 3.8) is 0 Å². The molecule has 0 amide bonds. The summed E-state index contributed by atoms with van der Waals surface area (Å²) in [4.78, 5) is 12.4. The fraction of sp³-hybridized carbons (Fsp3) is 0.353. The van der Waals surface area contributed by atoms with Gasteiger partial charge in [0, 0.05) is 50.0 Å². The van der Waals surface area contributed by atoms with Gasteiger partial charge in [0.1, 0.15) is 11.3 Å². The third-order valence-electron chi connectivity index (χ3n) is 8.30. The number of aromatic nitrogens is 1. The quantitative estimate of drug-likeness (QED) is 0.218. The molecule has 0 spiro atoms. The van der Waals surface area contributed by atoms with E-state index in [2.05, 4.69) is 68.8 Å². The molecule has 1 fully saturated rings. The molecule has 1 aromatic heterocycles. The van der Waals surface area contributed by atoms with Crippen LogP contribution in [0.3, 0.4) is 0 Å². The van der Waals surface area contributed by atoms with Gasteiger partial charge in [0.2, 0.25) is 5.88 Å². The Balaban J connectivity index is 0.00000323. The zero-order chi connectivity index (χ0) is 27.3. The van der Waals surface area contributed by atoms with E-state index in [1.54, 1.807) is 6.07 Å². The van der Waals surface area contributed by atoms with E-state index in [1.165, 1.54) is 35.2 Å². The Kier molecular flexibility index (Phi) is 7.81. The first kappa shape index (κ1) is 28.4. The number of aromatic hydroxyl groups is 1. The van der Waals surface area contributed by atoms with Crippen molar-refractivity contribution in [2.75, 3.05) is 4.90 Å². The summed E-state index contributed by atoms with van der Waals surface area (Å²) in [7, 11) is 0. The van der Waals surface area contributed by atoms with E-state index in [1.807, 2.05) is 36.4 Å². The van der Waals surface area contributed by atoms with Gasteiger partial charge in [0.25, 0.3) is 0 Å². The molecule has 2 heterocycles. The number of phenols is 1. The van der Waals surface area contributed by atoms with E-state index in [9.17, 15) is 5.11 Å². The monoisotopic (exact) mass is 713 g/mol. The number of amidine groups is 1. The SMILES string of the molecule is Cc1cc(C)c(N2C(c3[c-]c(Oc4ccc5cccc(O)c5n4)ccc3)=N[C@H]3CCC(C)(C)CC[C@H]32)c(C)c1.[Pt]. The zero-order valence-electron chi connectivity index (χ0n) is 23.8. The minimum atomic E-state index is 0. The minimum Gasteiger partial charge on any atom is -0.506 e. The number of anilines is 1. The number of rotatable bonds is 4. The number of para-hydroxylation sites is 1. The first-order valence-electron chi connectivity index (χ1n) is 13.9. The molecular weight excluding hydrogens is 677 g/mol. The smallest absolute Gasteiger partial charge is 0.217 e. The van der Waals surface area contributed by atoms with Crippen LogP contribution < -0.4 is 9.64 Å². The Bertz CT molecular complexity index is 1570. The van der Waals surface area contributed by atoms with Crippen molar-refractivity contribution in [2.45, 2.75) is 72.4 Å². The number of pyridine rings is 1. The molecule has 40 heavy (non-hydrogen) atoms. The molecule has 2 aliphatic rings. The van der Waals surface area contributed by atoms with Gasteiger partial charge < -0.3 is 19.7 Å². The molecule has 210 valence electrons. The molecular formula is C34H36N3O2Pt-. The second-order valence-electron chi connectivity index (χ2n) is 12.0. The number of hydrogen-bond acceptors (Lipinski definition) is 5. The van der Waals surface area contributed by atoms with Crippen LogP contribution in [0.15, 0.2) is 65.7 Å². The van der Waals surface area contributed by atoms with E-state index < -0.39 is 0 Å². The van der Waals surface area contributed by atoms with Gasteiger partial charge in [-0.05, 0) is 75.1 Å². The van der Waals surface area contributed by atoms with Crippen molar-refractivity contribution >= 4 is 22.4 Å². The van der Waals surface area contributed by atoms with Gasteiger partial charge in [-0.15, -0.1) is 23.8 Å². The Morgan fingerprint density at radius 3 is 2.45 bits per heavy atom. The molecule has 0 radical (unpaired) electrons. The minimum absolute atomic E-state index is 0. The van der Waals surface area contributed by atoms with Gasteiger partial charge in [-0.1, -0.05) is 49.7 Å². The van der Waals surface area contributed by atoms with Gasteiger partial charge in [0.15, 0.2) is 0 Å². The third-order valence-corrected chi connectivity index (χ3v) is 8.30. The standard InChI is InChI=1S/C34H36N3O2.Pt/c1-21-18-22(2)32(23(3)19-21)37-28-15-17-34(4,5)16-14-27(28)35-33(37)25-9-6-10-26(20-25)39-30-13-12-24-8-7-11-29(38)31(24)36-30;/h6-13,18-19,27-28,38H,14-17H2,1-5H3;/q-1;/t27-,28+;/m0./s1. The summed E-state index contributed by atoms with van der Waals surface area (Å²) in [6, 6.07) is 23.7. The van der Waals surface area contributed by atoms with Crippen LogP contribution in [-0.4, -0.2) is 28.0 Å². The van der Waals surface area contributed by atoms with Crippen LogP contribution in [0.4, 0.5) is 5.69 Å². The van der Waals surface area contributed by atoms with E-state index in [4.69, 9.17) is 9.73 Å². The molecule has 1 N–H and O–H groups in total. The number of fused-ring (bicyclic) bond motifs is 2. The van der Waals surface area contributed by atoms with Crippen LogP contribution in [0.1, 0.15) is 61.8 Å². The second kappa shape index (κ2) is 11.0. The number of ether oxygens (including phenoxy) is 1. The average Bonchev–Trinajstić information content (AvgIpc) is 3.17. The number of hydrogen-bond donors (Lipinski definition) is 1. The summed E-state index contributed by atoms with van der Waals surface area (Å²) >= 11 is 0. The molecule has 2 atom stereocenters. The summed E-state index contributed by atoms with van der Waals surface area (Å²) in [6.07, 6.45) is 4.56. The first-order chi connectivity index (χ1) is 18.7. The molecule has 0 saturated heterocycles. The second-order valence-corrected chi connectivity index (χ2v) is 12.0. The van der Waals surface area contributed by atoms with E-state index >= 15 is 0 Å². The van der Waals surface area contributed by atoms with Crippen molar-refractivity contribution in [3.8, 4) is 17.4 Å². The van der Waals surface area contributed by atoms with Crippen molar-refractivity contribution in [3.05, 3.63) is 89.0 Å². The van der Waals surface area contributed by atoms with Gasteiger partial charge in [0.05, 0.1) is 11.9 Å². The van der Waals surface area contributed by atoms with Crippen LogP contribution >= 0.6 is 0 Å². The molecule has 3 aromatic carbocycles. The Hall–Kier alpha value is -3.17. The maximum absolute atomic E-state index is 10.3. The normalized spacial score (nSPS) is 19.9. The summed E-state index contributed by atoms with van der Waals surface area (Å²) in [5, 5.41) is 11.1. The molecule has 6 rings (SSSR count). The number of aryl methyl sites for hydroxylation is 3. The largest absolute Gasteiger partial charge is 0.506 e. The van der Waals surface area contributed by atoms with Crippen LogP contribution in [-0.2, 0) is 21.1 Å². The molecule has 0 bridgehead atoms. The number of aliphatic imine (C=N–C) groups is 1. The zero-order valence-corrected chi connectivity index (χ0v) is 26.0. The Labute approximate surface area is 251 Å². The van der Waals surface area contributed by atoms with Crippen LogP contribution in [0, 0.1) is 32.3 Å². The van der Waals surface area contributed by atoms with Gasteiger partial charge in [-0.25, -0.2) is 4.98 Å². The fourth-order valence-corrected chi connectivity index (χ4v) is 6.36. The summed E-state index contributed by atoms with van der Waals surface area (Å²) < 4.78 is 6.16. The Morgan fingerprint density at radius 1 is 0.950 bits per heavy atom. The molecule has 5 nitrogen and oxygen atoms in total. The molecule has 1 saturated carbocycles. The summed E-state index contributed by atoms with van der Waals surface area (Å²) in [5.41, 5.74) is 6.87. The maximum Gasteiger partial charge on any atom is 0.217 e. The van der Waals surface area contributed by atoms with Gasteiger partial charge >= 0.3 is 0 Å². The molecule has 4 aromatic rings.